The molecule has 102 valence electrons. The molecule has 0 atom stereocenters. The number of nitrogens with one attached hydrogen (secondary N) is 1. The normalized spacial score (nSPS) is 13.5. The molecule has 0 amide bonds. The second-order valence-corrected chi connectivity index (χ2v) is 5.18. The van der Waals surface area contributed by atoms with E-state index < -0.39 is 0 Å². The Kier molecular flexibility index (Phi) is 2.95. The monoisotopic (exact) mass is 273 g/mol. The molecule has 0 saturated carbocycles. The Hall–Kier alpha value is -2.57. The number of benzene rings is 1. The van der Waals surface area contributed by atoms with Crippen molar-refractivity contribution in [3.63, 3.8) is 0 Å². The molecule has 1 aromatic carbocycles. The number of fused-ring (bicyclic) bond motifs is 3. The van der Waals surface area contributed by atoms with Gasteiger partial charge in [-0.1, -0.05) is 18.2 Å². The Balaban J connectivity index is 1.91. The lowest BCUT2D eigenvalue weighted by molar-refractivity contribution is 0.633. The molecule has 0 aliphatic carbocycles. The lowest BCUT2D eigenvalue weighted by Crippen LogP contribution is -2.24. The molecule has 1 aliphatic rings. The SMILES string of the molecule is C(#Cn1c2c(c3ccccc31)CNCC2)c1cccnc1. The Labute approximate surface area is 123 Å². The average Bonchev–Trinajstić information content (AvgIpc) is 2.88. The minimum absolute atomic E-state index is 0.928. The molecule has 0 unspecified atom stereocenters. The van der Waals surface area contributed by atoms with Crippen molar-refractivity contribution in [2.45, 2.75) is 13.0 Å². The van der Waals surface area contributed by atoms with Gasteiger partial charge in [-0.3, -0.25) is 9.55 Å². The molecule has 0 fully saturated rings. The smallest absolute Gasteiger partial charge is 0.0618 e. The second-order valence-electron chi connectivity index (χ2n) is 5.18. The van der Waals surface area contributed by atoms with Gasteiger partial charge in [-0.15, -0.1) is 0 Å². The van der Waals surface area contributed by atoms with Gasteiger partial charge in [0.25, 0.3) is 0 Å². The summed E-state index contributed by atoms with van der Waals surface area (Å²) in [5.41, 5.74) is 4.87. The highest BCUT2D eigenvalue weighted by molar-refractivity contribution is 5.86. The van der Waals surface area contributed by atoms with Crippen LogP contribution in [-0.4, -0.2) is 16.1 Å². The van der Waals surface area contributed by atoms with Crippen molar-refractivity contribution in [1.29, 1.82) is 0 Å². The molecule has 4 rings (SSSR count). The van der Waals surface area contributed by atoms with Crippen LogP contribution in [0.1, 0.15) is 16.8 Å². The molecule has 1 N–H and O–H groups in total. The average molecular weight is 273 g/mol. The van der Waals surface area contributed by atoms with Crippen molar-refractivity contribution in [1.82, 2.24) is 14.9 Å². The van der Waals surface area contributed by atoms with Crippen LogP contribution in [-0.2, 0) is 13.0 Å². The largest absolute Gasteiger partial charge is 0.312 e. The third kappa shape index (κ3) is 2.10. The third-order valence-electron chi connectivity index (χ3n) is 3.90. The number of pyridine rings is 1. The van der Waals surface area contributed by atoms with Gasteiger partial charge in [0.2, 0.25) is 0 Å². The molecular weight excluding hydrogens is 258 g/mol. The number of rotatable bonds is 0. The lowest BCUT2D eigenvalue weighted by atomic mass is 10.1. The van der Waals surface area contributed by atoms with E-state index in [1.807, 2.05) is 12.1 Å². The fraction of sp³-hybridized carbons (Fsp3) is 0.167. The van der Waals surface area contributed by atoms with E-state index in [0.717, 1.165) is 25.1 Å². The van der Waals surface area contributed by atoms with E-state index in [9.17, 15) is 0 Å². The standard InChI is InChI=1S/C18H15N3/c1-2-6-17-15(5-1)16-13-20-10-7-18(16)21(17)11-8-14-4-3-9-19-12-14/h1-6,9,12,20H,7,10,13H2. The van der Waals surface area contributed by atoms with E-state index in [0.29, 0.717) is 0 Å². The zero-order valence-corrected chi connectivity index (χ0v) is 11.6. The molecule has 21 heavy (non-hydrogen) atoms. The highest BCUT2D eigenvalue weighted by atomic mass is 15.0. The van der Waals surface area contributed by atoms with Crippen LogP contribution in [0.5, 0.6) is 0 Å². The van der Waals surface area contributed by atoms with E-state index in [1.54, 1.807) is 12.4 Å². The van der Waals surface area contributed by atoms with Crippen LogP contribution in [0.3, 0.4) is 0 Å². The molecule has 1 aliphatic heterocycles. The summed E-state index contributed by atoms with van der Waals surface area (Å²) in [6.07, 6.45) is 4.59. The van der Waals surface area contributed by atoms with Crippen molar-refractivity contribution < 1.29 is 0 Å². The Morgan fingerprint density at radius 3 is 3.00 bits per heavy atom. The van der Waals surface area contributed by atoms with Crippen molar-refractivity contribution in [3.8, 4) is 12.0 Å². The van der Waals surface area contributed by atoms with Gasteiger partial charge in [-0.2, -0.15) is 0 Å². The maximum absolute atomic E-state index is 4.11. The van der Waals surface area contributed by atoms with Gasteiger partial charge in [-0.05, 0) is 29.7 Å². The van der Waals surface area contributed by atoms with Crippen molar-refractivity contribution in [3.05, 3.63) is 65.6 Å². The predicted octanol–water partition coefficient (Wildman–Crippen LogP) is 2.54. The molecular formula is C18H15N3. The third-order valence-corrected chi connectivity index (χ3v) is 3.90. The van der Waals surface area contributed by atoms with E-state index in [-0.39, 0.29) is 0 Å². The van der Waals surface area contributed by atoms with Crippen LogP contribution >= 0.6 is 0 Å². The van der Waals surface area contributed by atoms with Gasteiger partial charge in [0.05, 0.1) is 5.52 Å². The zero-order chi connectivity index (χ0) is 14.1. The lowest BCUT2D eigenvalue weighted by Gasteiger charge is -2.14. The first-order valence-electron chi connectivity index (χ1n) is 7.17. The maximum atomic E-state index is 4.11. The van der Waals surface area contributed by atoms with Crippen molar-refractivity contribution >= 4 is 10.9 Å². The van der Waals surface area contributed by atoms with Crippen molar-refractivity contribution in [2.75, 3.05) is 6.54 Å². The molecule has 3 heteroatoms. The van der Waals surface area contributed by atoms with Gasteiger partial charge < -0.3 is 5.32 Å². The summed E-state index contributed by atoms with van der Waals surface area (Å²) in [5, 5.41) is 4.75. The zero-order valence-electron chi connectivity index (χ0n) is 11.6. The summed E-state index contributed by atoms with van der Waals surface area (Å²) in [5.74, 6) is 3.22. The van der Waals surface area contributed by atoms with Gasteiger partial charge in [-0.25, -0.2) is 0 Å². The quantitative estimate of drug-likeness (QED) is 0.638. The minimum Gasteiger partial charge on any atom is -0.312 e. The molecule has 3 heterocycles. The Bertz CT molecular complexity index is 851. The summed E-state index contributed by atoms with van der Waals surface area (Å²) in [4.78, 5) is 4.11. The molecule has 3 aromatic rings. The summed E-state index contributed by atoms with van der Waals surface area (Å²) in [6, 6.07) is 15.7. The first-order chi connectivity index (χ1) is 10.4. The first-order valence-corrected chi connectivity index (χ1v) is 7.17. The van der Waals surface area contributed by atoms with Crippen LogP contribution in [0, 0.1) is 12.0 Å². The van der Waals surface area contributed by atoms with Crippen LogP contribution < -0.4 is 5.32 Å². The second kappa shape index (κ2) is 5.08. The summed E-state index contributed by atoms with van der Waals surface area (Å²) in [6.45, 7) is 1.94. The number of aromatic nitrogens is 2. The minimum atomic E-state index is 0.928. The number of hydrogen-bond donors (Lipinski definition) is 1. The van der Waals surface area contributed by atoms with Gasteiger partial charge in [0, 0.05) is 54.6 Å². The molecule has 2 aromatic heterocycles. The van der Waals surface area contributed by atoms with Crippen LogP contribution in [0.4, 0.5) is 0 Å². The van der Waals surface area contributed by atoms with Crippen LogP contribution in [0.25, 0.3) is 10.9 Å². The van der Waals surface area contributed by atoms with Crippen LogP contribution in [0.15, 0.2) is 48.8 Å². The van der Waals surface area contributed by atoms with E-state index in [1.165, 1.54) is 22.2 Å². The van der Waals surface area contributed by atoms with E-state index in [4.69, 9.17) is 0 Å². The van der Waals surface area contributed by atoms with Gasteiger partial charge >= 0.3 is 0 Å². The topological polar surface area (TPSA) is 29.9 Å². The Morgan fingerprint density at radius 1 is 1.14 bits per heavy atom. The summed E-state index contributed by atoms with van der Waals surface area (Å²) >= 11 is 0. The number of hydrogen-bond acceptors (Lipinski definition) is 2. The molecule has 0 bridgehead atoms. The Morgan fingerprint density at radius 2 is 2.10 bits per heavy atom. The van der Waals surface area contributed by atoms with Crippen LogP contribution in [0.2, 0.25) is 0 Å². The van der Waals surface area contributed by atoms with Gasteiger partial charge in [0.1, 0.15) is 0 Å². The molecule has 0 radical (unpaired) electrons. The highest BCUT2D eigenvalue weighted by Crippen LogP contribution is 2.27. The summed E-state index contributed by atoms with van der Waals surface area (Å²) < 4.78 is 2.15. The fourth-order valence-electron chi connectivity index (χ4n) is 2.92. The van der Waals surface area contributed by atoms with E-state index >= 15 is 0 Å². The fourth-order valence-corrected chi connectivity index (χ4v) is 2.92. The number of nitrogens with zero attached hydrogens (tertiary/aromatic N) is 2. The molecule has 3 nitrogen and oxygen atoms in total. The highest BCUT2D eigenvalue weighted by Gasteiger charge is 2.18. The van der Waals surface area contributed by atoms with Gasteiger partial charge in [0.15, 0.2) is 0 Å². The number of para-hydroxylation sites is 1. The maximum Gasteiger partial charge on any atom is 0.0618 e. The van der Waals surface area contributed by atoms with Crippen molar-refractivity contribution in [2.24, 2.45) is 0 Å². The molecule has 0 spiro atoms. The summed E-state index contributed by atoms with van der Waals surface area (Å²) in [7, 11) is 0. The first kappa shape index (κ1) is 12.2. The predicted molar refractivity (Wildman–Crippen MR) is 83.9 cm³/mol. The van der Waals surface area contributed by atoms with E-state index in [2.05, 4.69) is 51.1 Å². The molecule has 0 saturated heterocycles.